The smallest absolute Gasteiger partial charge is 0.257 e. The first-order valence-corrected chi connectivity index (χ1v) is 6.17. The van der Waals surface area contributed by atoms with E-state index in [-0.39, 0.29) is 18.4 Å². The van der Waals surface area contributed by atoms with E-state index in [4.69, 9.17) is 0 Å². The highest BCUT2D eigenvalue weighted by Gasteiger charge is 2.20. The Bertz CT molecular complexity index is 445. The third-order valence-corrected chi connectivity index (χ3v) is 3.00. The van der Waals surface area contributed by atoms with Crippen molar-refractivity contribution in [3.63, 3.8) is 0 Å². The first kappa shape index (κ1) is 13.4. The Labute approximate surface area is 111 Å². The molecule has 1 aliphatic rings. The van der Waals surface area contributed by atoms with Gasteiger partial charge in [0.25, 0.3) is 5.91 Å². The molecule has 0 atom stereocenters. The Hall–Kier alpha value is -2.02. The van der Waals surface area contributed by atoms with Crippen LogP contribution in [0.4, 0.5) is 0 Å². The van der Waals surface area contributed by atoms with Gasteiger partial charge in [-0.25, -0.2) is 9.97 Å². The predicted molar refractivity (Wildman–Crippen MR) is 68.4 cm³/mol. The predicted octanol–water partition coefficient (Wildman–Crippen LogP) is -1.02. The molecule has 7 heteroatoms. The number of amides is 2. The van der Waals surface area contributed by atoms with Crippen LogP contribution in [0.5, 0.6) is 0 Å². The molecule has 2 heterocycles. The molecule has 0 radical (unpaired) electrons. The summed E-state index contributed by atoms with van der Waals surface area (Å²) in [6.07, 6.45) is 4.25. The van der Waals surface area contributed by atoms with E-state index in [2.05, 4.69) is 15.3 Å². The molecule has 1 aromatic heterocycles. The van der Waals surface area contributed by atoms with Crippen molar-refractivity contribution in [1.82, 2.24) is 25.1 Å². The molecule has 0 bridgehead atoms. The topological polar surface area (TPSA) is 78.4 Å². The Morgan fingerprint density at radius 1 is 1.32 bits per heavy atom. The van der Waals surface area contributed by atoms with Crippen LogP contribution in [0.3, 0.4) is 0 Å². The molecule has 1 fully saturated rings. The lowest BCUT2D eigenvalue weighted by molar-refractivity contribution is -0.132. The highest BCUT2D eigenvalue weighted by Crippen LogP contribution is 2.01. The molecule has 2 rings (SSSR count). The fourth-order valence-corrected chi connectivity index (χ4v) is 1.92. The second kappa shape index (κ2) is 6.24. The fraction of sp³-hybridized carbons (Fsp3) is 0.500. The number of hydrogen-bond acceptors (Lipinski definition) is 5. The molecule has 1 aromatic rings. The summed E-state index contributed by atoms with van der Waals surface area (Å²) in [6, 6.07) is 0. The zero-order valence-corrected chi connectivity index (χ0v) is 10.9. The third-order valence-electron chi connectivity index (χ3n) is 3.00. The van der Waals surface area contributed by atoms with Crippen LogP contribution in [0.15, 0.2) is 18.7 Å². The van der Waals surface area contributed by atoms with Crippen LogP contribution in [0, 0.1) is 0 Å². The molecule has 2 amide bonds. The van der Waals surface area contributed by atoms with Gasteiger partial charge in [-0.1, -0.05) is 0 Å². The second-order valence-electron chi connectivity index (χ2n) is 4.42. The average molecular weight is 263 g/mol. The van der Waals surface area contributed by atoms with Gasteiger partial charge in [0.05, 0.1) is 12.1 Å². The number of likely N-dealkylation sites (N-methyl/N-ethyl adjacent to an activating group) is 1. The Kier molecular flexibility index (Phi) is 4.40. The molecule has 1 saturated heterocycles. The van der Waals surface area contributed by atoms with Crippen LogP contribution in [0.25, 0.3) is 0 Å². The summed E-state index contributed by atoms with van der Waals surface area (Å²) < 4.78 is 0. The van der Waals surface area contributed by atoms with Crippen LogP contribution in [0.1, 0.15) is 10.4 Å². The van der Waals surface area contributed by atoms with E-state index >= 15 is 0 Å². The van der Waals surface area contributed by atoms with Crippen molar-refractivity contribution < 1.29 is 9.59 Å². The number of rotatable bonds is 3. The van der Waals surface area contributed by atoms with Gasteiger partial charge in [-0.05, 0) is 0 Å². The summed E-state index contributed by atoms with van der Waals surface area (Å²) in [5.74, 6) is -0.279. The van der Waals surface area contributed by atoms with Crippen molar-refractivity contribution in [2.45, 2.75) is 0 Å². The van der Waals surface area contributed by atoms with Gasteiger partial charge in [0.2, 0.25) is 5.91 Å². The first-order chi connectivity index (χ1) is 9.18. The highest BCUT2D eigenvalue weighted by molar-refractivity contribution is 5.95. The Morgan fingerprint density at radius 2 is 1.95 bits per heavy atom. The third kappa shape index (κ3) is 3.47. The molecule has 0 unspecified atom stereocenters. The molecule has 1 N–H and O–H groups in total. The molecule has 0 saturated carbocycles. The van der Waals surface area contributed by atoms with Crippen molar-refractivity contribution in [2.75, 3.05) is 39.8 Å². The number of piperazine rings is 1. The standard InChI is InChI=1S/C12H17N5O2/c1-16(12(19)10-6-14-9-15-7-10)8-11(18)17-4-2-13-3-5-17/h6-7,9,13H,2-5,8H2,1H3. The molecule has 0 spiro atoms. The second-order valence-corrected chi connectivity index (χ2v) is 4.42. The van der Waals surface area contributed by atoms with Gasteiger partial charge in [-0.15, -0.1) is 0 Å². The molecule has 0 aromatic carbocycles. The molecule has 19 heavy (non-hydrogen) atoms. The maximum Gasteiger partial charge on any atom is 0.257 e. The summed E-state index contributed by atoms with van der Waals surface area (Å²) in [6.45, 7) is 3.06. The van der Waals surface area contributed by atoms with E-state index < -0.39 is 0 Å². The number of aromatic nitrogens is 2. The number of carbonyl (C=O) groups is 2. The molecular formula is C12H17N5O2. The summed E-state index contributed by atoms with van der Waals surface area (Å²) in [5, 5.41) is 3.18. The van der Waals surface area contributed by atoms with E-state index in [0.717, 1.165) is 13.1 Å². The highest BCUT2D eigenvalue weighted by atomic mass is 16.2. The van der Waals surface area contributed by atoms with Gasteiger partial charge < -0.3 is 15.1 Å². The van der Waals surface area contributed by atoms with Crippen molar-refractivity contribution in [1.29, 1.82) is 0 Å². The fourth-order valence-electron chi connectivity index (χ4n) is 1.92. The molecule has 0 aliphatic carbocycles. The van der Waals surface area contributed by atoms with E-state index in [9.17, 15) is 9.59 Å². The van der Waals surface area contributed by atoms with Gasteiger partial charge in [0.1, 0.15) is 6.33 Å². The van der Waals surface area contributed by atoms with Crippen molar-refractivity contribution in [3.8, 4) is 0 Å². The molecule has 7 nitrogen and oxygen atoms in total. The Morgan fingerprint density at radius 3 is 2.58 bits per heavy atom. The minimum Gasteiger partial charge on any atom is -0.339 e. The van der Waals surface area contributed by atoms with Gasteiger partial charge in [0.15, 0.2) is 0 Å². The van der Waals surface area contributed by atoms with Crippen molar-refractivity contribution in [2.24, 2.45) is 0 Å². The molecule has 1 aliphatic heterocycles. The largest absolute Gasteiger partial charge is 0.339 e. The lowest BCUT2D eigenvalue weighted by Crippen LogP contribution is -2.49. The minimum atomic E-state index is -0.246. The maximum atomic E-state index is 12.0. The summed E-state index contributed by atoms with van der Waals surface area (Å²) in [4.78, 5) is 34.8. The Balaban J connectivity index is 1.91. The monoisotopic (exact) mass is 263 g/mol. The van der Waals surface area contributed by atoms with Crippen LogP contribution >= 0.6 is 0 Å². The average Bonchev–Trinajstić information content (AvgIpc) is 2.48. The van der Waals surface area contributed by atoms with E-state index in [1.807, 2.05) is 0 Å². The van der Waals surface area contributed by atoms with Gasteiger partial charge in [-0.3, -0.25) is 9.59 Å². The van der Waals surface area contributed by atoms with Gasteiger partial charge >= 0.3 is 0 Å². The summed E-state index contributed by atoms with van der Waals surface area (Å²) in [5.41, 5.74) is 0.387. The van der Waals surface area contributed by atoms with Crippen LogP contribution in [-0.2, 0) is 4.79 Å². The summed E-state index contributed by atoms with van der Waals surface area (Å²) >= 11 is 0. The zero-order chi connectivity index (χ0) is 13.7. The van der Waals surface area contributed by atoms with Crippen molar-refractivity contribution in [3.05, 3.63) is 24.3 Å². The van der Waals surface area contributed by atoms with E-state index in [1.54, 1.807) is 11.9 Å². The first-order valence-electron chi connectivity index (χ1n) is 6.17. The minimum absolute atomic E-state index is 0.0331. The SMILES string of the molecule is CN(CC(=O)N1CCNCC1)C(=O)c1cncnc1. The number of hydrogen-bond donors (Lipinski definition) is 1. The van der Waals surface area contributed by atoms with Gasteiger partial charge in [0, 0.05) is 45.6 Å². The van der Waals surface area contributed by atoms with E-state index in [0.29, 0.717) is 18.7 Å². The van der Waals surface area contributed by atoms with Crippen LogP contribution < -0.4 is 5.32 Å². The lowest BCUT2D eigenvalue weighted by Gasteiger charge is -2.29. The molecular weight excluding hydrogens is 246 g/mol. The number of nitrogens with zero attached hydrogens (tertiary/aromatic N) is 4. The van der Waals surface area contributed by atoms with Crippen molar-refractivity contribution >= 4 is 11.8 Å². The normalized spacial score (nSPS) is 15.1. The summed E-state index contributed by atoms with van der Waals surface area (Å²) in [7, 11) is 1.61. The van der Waals surface area contributed by atoms with E-state index in [1.165, 1.54) is 23.6 Å². The van der Waals surface area contributed by atoms with Crippen LogP contribution in [-0.4, -0.2) is 71.4 Å². The number of carbonyl (C=O) groups excluding carboxylic acids is 2. The quantitative estimate of drug-likeness (QED) is 0.755. The lowest BCUT2D eigenvalue weighted by atomic mass is 10.3. The zero-order valence-electron chi connectivity index (χ0n) is 10.9. The number of nitrogens with one attached hydrogen (secondary N) is 1. The van der Waals surface area contributed by atoms with Gasteiger partial charge in [-0.2, -0.15) is 0 Å². The molecule has 102 valence electrons. The van der Waals surface area contributed by atoms with Crippen LogP contribution in [0.2, 0.25) is 0 Å². The maximum absolute atomic E-state index is 12.0.